The van der Waals surface area contributed by atoms with E-state index < -0.39 is 24.0 Å². The molecular formula is C23H17ClN2O3. The van der Waals surface area contributed by atoms with Gasteiger partial charge in [-0.2, -0.15) is 0 Å². The summed E-state index contributed by atoms with van der Waals surface area (Å²) >= 11 is 6.27. The molecule has 29 heavy (non-hydrogen) atoms. The summed E-state index contributed by atoms with van der Waals surface area (Å²) in [5.41, 5.74) is 2.09. The lowest BCUT2D eigenvalue weighted by Gasteiger charge is -2.28. The third-order valence-electron chi connectivity index (χ3n) is 5.36. The summed E-state index contributed by atoms with van der Waals surface area (Å²) < 4.78 is 0. The minimum atomic E-state index is -0.899. The van der Waals surface area contributed by atoms with Crippen molar-refractivity contribution < 1.29 is 14.4 Å². The fraction of sp³-hybridized carbons (Fsp3) is 0.130. The van der Waals surface area contributed by atoms with Crippen LogP contribution in [-0.4, -0.2) is 17.9 Å². The Kier molecular flexibility index (Phi) is 4.34. The van der Waals surface area contributed by atoms with Gasteiger partial charge in [0.25, 0.3) is 5.91 Å². The zero-order valence-corrected chi connectivity index (χ0v) is 16.1. The molecule has 6 heteroatoms. The number of anilines is 2. The fourth-order valence-electron chi connectivity index (χ4n) is 4.07. The highest BCUT2D eigenvalue weighted by atomic mass is 35.5. The van der Waals surface area contributed by atoms with Crippen LogP contribution < -0.4 is 9.96 Å². The molecule has 2 aliphatic rings. The van der Waals surface area contributed by atoms with Crippen LogP contribution in [0.3, 0.4) is 0 Å². The van der Waals surface area contributed by atoms with E-state index in [2.05, 4.69) is 0 Å². The van der Waals surface area contributed by atoms with E-state index in [1.54, 1.807) is 29.3 Å². The zero-order chi connectivity index (χ0) is 20.0. The normalized spacial score (nSPS) is 23.6. The maximum absolute atomic E-state index is 13.5. The van der Waals surface area contributed by atoms with Gasteiger partial charge in [0, 0.05) is 0 Å². The van der Waals surface area contributed by atoms with Crippen LogP contribution in [0, 0.1) is 5.92 Å². The summed E-state index contributed by atoms with van der Waals surface area (Å²) in [4.78, 5) is 33.9. The van der Waals surface area contributed by atoms with Crippen LogP contribution >= 0.6 is 11.6 Å². The molecule has 144 valence electrons. The van der Waals surface area contributed by atoms with E-state index in [1.807, 2.05) is 60.7 Å². The van der Waals surface area contributed by atoms with Gasteiger partial charge in [0.2, 0.25) is 5.91 Å². The summed E-state index contributed by atoms with van der Waals surface area (Å²) in [6, 6.07) is 25.6. The van der Waals surface area contributed by atoms with Crippen LogP contribution in [0.4, 0.5) is 11.4 Å². The number of hydroxylamine groups is 1. The Morgan fingerprint density at radius 3 is 2.07 bits per heavy atom. The molecule has 3 aromatic carbocycles. The second-order valence-electron chi connectivity index (χ2n) is 7.03. The van der Waals surface area contributed by atoms with E-state index in [4.69, 9.17) is 16.4 Å². The zero-order valence-electron chi connectivity index (χ0n) is 15.3. The van der Waals surface area contributed by atoms with E-state index >= 15 is 0 Å². The Labute approximate surface area is 173 Å². The van der Waals surface area contributed by atoms with Gasteiger partial charge in [0.05, 0.1) is 22.4 Å². The molecule has 5 nitrogen and oxygen atoms in total. The lowest BCUT2D eigenvalue weighted by atomic mass is 9.90. The molecule has 2 saturated heterocycles. The molecule has 5 rings (SSSR count). The van der Waals surface area contributed by atoms with Gasteiger partial charge in [-0.3, -0.25) is 14.4 Å². The molecule has 0 unspecified atom stereocenters. The Balaban J connectivity index is 1.60. The summed E-state index contributed by atoms with van der Waals surface area (Å²) in [6.07, 6.45) is -0.899. The number of nitrogens with zero attached hydrogens (tertiary/aromatic N) is 2. The maximum atomic E-state index is 13.5. The Morgan fingerprint density at radius 2 is 1.38 bits per heavy atom. The summed E-state index contributed by atoms with van der Waals surface area (Å²) in [5, 5.41) is 2.04. The second kappa shape index (κ2) is 7.03. The van der Waals surface area contributed by atoms with Crippen LogP contribution in [0.5, 0.6) is 0 Å². The Hall–Kier alpha value is -3.15. The molecule has 3 atom stereocenters. The highest BCUT2D eigenvalue weighted by molar-refractivity contribution is 6.36. The number of halogens is 1. The quantitative estimate of drug-likeness (QED) is 0.607. The molecule has 2 heterocycles. The average Bonchev–Trinajstić information content (AvgIpc) is 3.26. The van der Waals surface area contributed by atoms with Gasteiger partial charge < -0.3 is 0 Å². The first-order valence-electron chi connectivity index (χ1n) is 9.35. The maximum Gasteiger partial charge on any atom is 0.266 e. The summed E-state index contributed by atoms with van der Waals surface area (Å²) in [5.74, 6) is -1.37. The molecule has 0 bridgehead atoms. The molecular weight excluding hydrogens is 388 g/mol. The number of carbonyl (C=O) groups excluding carboxylic acids is 2. The predicted octanol–water partition coefficient (Wildman–Crippen LogP) is 4.39. The molecule has 0 aliphatic carbocycles. The number of imide groups is 1. The van der Waals surface area contributed by atoms with Crippen molar-refractivity contribution >= 4 is 34.8 Å². The first-order valence-corrected chi connectivity index (χ1v) is 9.73. The van der Waals surface area contributed by atoms with Crippen molar-refractivity contribution in [3.05, 3.63) is 95.5 Å². The van der Waals surface area contributed by atoms with E-state index in [0.717, 1.165) is 16.2 Å². The fourth-order valence-corrected chi connectivity index (χ4v) is 4.29. The number of hydrogen-bond acceptors (Lipinski definition) is 4. The second-order valence-corrected chi connectivity index (χ2v) is 7.44. The van der Waals surface area contributed by atoms with E-state index in [-0.39, 0.29) is 5.91 Å². The average molecular weight is 405 g/mol. The molecule has 2 aliphatic heterocycles. The number of para-hydroxylation sites is 2. The Bertz CT molecular complexity index is 1070. The number of fused-ring (bicyclic) bond motifs is 1. The molecule has 3 aromatic rings. The molecule has 0 radical (unpaired) electrons. The van der Waals surface area contributed by atoms with Crippen molar-refractivity contribution in [3.63, 3.8) is 0 Å². The molecule has 0 aromatic heterocycles. The topological polar surface area (TPSA) is 49.9 Å². The predicted molar refractivity (Wildman–Crippen MR) is 110 cm³/mol. The van der Waals surface area contributed by atoms with Crippen molar-refractivity contribution in [1.82, 2.24) is 0 Å². The van der Waals surface area contributed by atoms with Crippen LogP contribution in [0.1, 0.15) is 11.6 Å². The number of rotatable bonds is 3. The molecule has 0 N–H and O–H groups in total. The van der Waals surface area contributed by atoms with Crippen LogP contribution in [0.15, 0.2) is 84.9 Å². The third kappa shape index (κ3) is 2.82. The minimum absolute atomic E-state index is 0.305. The SMILES string of the molecule is O=C1[C@@H]2[C@H](ON(c3ccccc3)[C@H]2c2ccccc2)C(=O)N1c1ccccc1Cl. The first-order chi connectivity index (χ1) is 14.2. The summed E-state index contributed by atoms with van der Waals surface area (Å²) in [6.45, 7) is 0. The first kappa shape index (κ1) is 17.9. The molecule has 0 saturated carbocycles. The number of amides is 2. The lowest BCUT2D eigenvalue weighted by Crippen LogP contribution is -2.37. The molecule has 0 spiro atoms. The van der Waals surface area contributed by atoms with E-state index in [1.165, 1.54) is 0 Å². The van der Waals surface area contributed by atoms with Crippen LogP contribution in [-0.2, 0) is 14.4 Å². The van der Waals surface area contributed by atoms with Gasteiger partial charge in [-0.1, -0.05) is 72.3 Å². The molecule has 2 fully saturated rings. The molecule has 2 amide bonds. The van der Waals surface area contributed by atoms with Gasteiger partial charge in [-0.25, -0.2) is 9.96 Å². The lowest BCUT2D eigenvalue weighted by molar-refractivity contribution is -0.126. The minimum Gasteiger partial charge on any atom is -0.273 e. The van der Waals surface area contributed by atoms with Crippen molar-refractivity contribution in [2.24, 2.45) is 5.92 Å². The standard InChI is InChI=1S/C23H17ClN2O3/c24-17-13-7-8-14-18(17)25-22(27)19-20(15-9-3-1-4-10-15)26(29-21(19)23(25)28)16-11-5-2-6-12-16/h1-14,19-21H/t19-,20-,21-/m0/s1. The Morgan fingerprint density at radius 1 is 0.759 bits per heavy atom. The van der Waals surface area contributed by atoms with Crippen molar-refractivity contribution in [1.29, 1.82) is 0 Å². The van der Waals surface area contributed by atoms with Crippen molar-refractivity contribution in [2.45, 2.75) is 12.1 Å². The van der Waals surface area contributed by atoms with Gasteiger partial charge in [0.15, 0.2) is 6.10 Å². The third-order valence-corrected chi connectivity index (χ3v) is 5.68. The van der Waals surface area contributed by atoms with Gasteiger partial charge >= 0.3 is 0 Å². The highest BCUT2D eigenvalue weighted by Crippen LogP contribution is 2.48. The summed E-state index contributed by atoms with van der Waals surface area (Å²) in [7, 11) is 0. The largest absolute Gasteiger partial charge is 0.273 e. The van der Waals surface area contributed by atoms with E-state index in [9.17, 15) is 9.59 Å². The number of carbonyl (C=O) groups is 2. The van der Waals surface area contributed by atoms with Crippen molar-refractivity contribution in [3.8, 4) is 0 Å². The van der Waals surface area contributed by atoms with Gasteiger partial charge in [0.1, 0.15) is 5.92 Å². The highest BCUT2D eigenvalue weighted by Gasteiger charge is 2.60. The smallest absolute Gasteiger partial charge is 0.266 e. The number of benzene rings is 3. The van der Waals surface area contributed by atoms with Crippen LogP contribution in [0.2, 0.25) is 5.02 Å². The van der Waals surface area contributed by atoms with E-state index in [0.29, 0.717) is 10.7 Å². The monoisotopic (exact) mass is 404 g/mol. The number of hydrogen-bond donors (Lipinski definition) is 0. The van der Waals surface area contributed by atoms with Gasteiger partial charge in [-0.15, -0.1) is 0 Å². The van der Waals surface area contributed by atoms with Crippen molar-refractivity contribution in [2.75, 3.05) is 9.96 Å². The van der Waals surface area contributed by atoms with Gasteiger partial charge in [-0.05, 0) is 29.8 Å². The van der Waals surface area contributed by atoms with Crippen LogP contribution in [0.25, 0.3) is 0 Å².